The first kappa shape index (κ1) is 17.6. The Kier molecular flexibility index (Phi) is 6.01. The fraction of sp³-hybridized carbons (Fsp3) is 0.333. The molecule has 24 heavy (non-hydrogen) atoms. The average Bonchev–Trinajstić information content (AvgIpc) is 2.58. The van der Waals surface area contributed by atoms with Crippen molar-refractivity contribution < 1.29 is 14.3 Å². The maximum atomic E-state index is 12.0. The molecule has 0 unspecified atom stereocenters. The van der Waals surface area contributed by atoms with E-state index in [0.29, 0.717) is 24.5 Å². The molecule has 0 aliphatic heterocycles. The summed E-state index contributed by atoms with van der Waals surface area (Å²) in [7, 11) is 3.17. The van der Waals surface area contributed by atoms with Crippen molar-refractivity contribution in [1.82, 2.24) is 9.88 Å². The number of pyridine rings is 1. The predicted octanol–water partition coefficient (Wildman–Crippen LogP) is 1.53. The van der Waals surface area contributed by atoms with Crippen LogP contribution in [0.4, 0.5) is 0 Å². The fourth-order valence-corrected chi connectivity index (χ4v) is 2.37. The number of benzene rings is 1. The number of methoxy groups -OCH3 is 2. The summed E-state index contributed by atoms with van der Waals surface area (Å²) in [5.41, 5.74) is 1.78. The standard InChI is InChI=1S/C18H22N2O4/c1-13-4-7-18(22)20(11-13)12-17(21)19-9-8-14-5-6-15(23-2)16(10-14)24-3/h4-7,10-11H,8-9,12H2,1-3H3,(H,19,21). The van der Waals surface area contributed by atoms with Crippen LogP contribution in [0, 0.1) is 6.92 Å². The minimum absolute atomic E-state index is 0.0203. The molecule has 0 radical (unpaired) electrons. The topological polar surface area (TPSA) is 69.6 Å². The Labute approximate surface area is 141 Å². The second-order valence-electron chi connectivity index (χ2n) is 5.46. The molecule has 1 heterocycles. The van der Waals surface area contributed by atoms with Crippen LogP contribution in [-0.4, -0.2) is 31.2 Å². The molecule has 1 aromatic heterocycles. The molecule has 0 spiro atoms. The van der Waals surface area contributed by atoms with E-state index in [4.69, 9.17) is 9.47 Å². The SMILES string of the molecule is COc1ccc(CCNC(=O)Cn2cc(C)ccc2=O)cc1OC. The number of ether oxygens (including phenoxy) is 2. The summed E-state index contributed by atoms with van der Waals surface area (Å²) in [5, 5.41) is 2.82. The van der Waals surface area contributed by atoms with Gasteiger partial charge in [-0.1, -0.05) is 12.1 Å². The highest BCUT2D eigenvalue weighted by molar-refractivity contribution is 5.75. The van der Waals surface area contributed by atoms with Crippen LogP contribution in [-0.2, 0) is 17.8 Å². The van der Waals surface area contributed by atoms with Crippen LogP contribution >= 0.6 is 0 Å². The van der Waals surface area contributed by atoms with Gasteiger partial charge in [-0.2, -0.15) is 0 Å². The molecule has 0 aliphatic carbocycles. The van der Waals surface area contributed by atoms with Gasteiger partial charge in [0.1, 0.15) is 6.54 Å². The number of carbonyl (C=O) groups is 1. The van der Waals surface area contributed by atoms with Gasteiger partial charge >= 0.3 is 0 Å². The van der Waals surface area contributed by atoms with Gasteiger partial charge in [0, 0.05) is 18.8 Å². The van der Waals surface area contributed by atoms with Crippen LogP contribution in [0.3, 0.4) is 0 Å². The van der Waals surface area contributed by atoms with Crippen LogP contribution in [0.15, 0.2) is 41.3 Å². The summed E-state index contributed by atoms with van der Waals surface area (Å²) in [6, 6.07) is 8.84. The molecular weight excluding hydrogens is 308 g/mol. The lowest BCUT2D eigenvalue weighted by Crippen LogP contribution is -2.33. The summed E-state index contributed by atoms with van der Waals surface area (Å²) in [6.45, 7) is 2.38. The molecular formula is C18H22N2O4. The number of nitrogens with one attached hydrogen (secondary N) is 1. The first-order valence-electron chi connectivity index (χ1n) is 7.68. The Morgan fingerprint density at radius 1 is 1.12 bits per heavy atom. The van der Waals surface area contributed by atoms with Crippen LogP contribution in [0.5, 0.6) is 11.5 Å². The van der Waals surface area contributed by atoms with Crippen molar-refractivity contribution in [2.45, 2.75) is 19.9 Å². The van der Waals surface area contributed by atoms with Crippen molar-refractivity contribution in [3.63, 3.8) is 0 Å². The van der Waals surface area contributed by atoms with E-state index in [-0.39, 0.29) is 18.0 Å². The van der Waals surface area contributed by atoms with Gasteiger partial charge in [-0.25, -0.2) is 0 Å². The second kappa shape index (κ2) is 8.19. The van der Waals surface area contributed by atoms with Gasteiger partial charge in [0.15, 0.2) is 11.5 Å². The van der Waals surface area contributed by atoms with E-state index >= 15 is 0 Å². The highest BCUT2D eigenvalue weighted by atomic mass is 16.5. The number of carbonyl (C=O) groups excluding carboxylic acids is 1. The van der Waals surface area contributed by atoms with E-state index in [1.807, 2.05) is 25.1 Å². The summed E-state index contributed by atoms with van der Waals surface area (Å²) < 4.78 is 11.9. The van der Waals surface area contributed by atoms with E-state index in [0.717, 1.165) is 11.1 Å². The van der Waals surface area contributed by atoms with Crippen molar-refractivity contribution in [2.24, 2.45) is 0 Å². The lowest BCUT2D eigenvalue weighted by Gasteiger charge is -2.10. The Morgan fingerprint density at radius 3 is 2.58 bits per heavy atom. The minimum Gasteiger partial charge on any atom is -0.493 e. The fourth-order valence-electron chi connectivity index (χ4n) is 2.37. The number of nitrogens with zero attached hydrogens (tertiary/aromatic N) is 1. The Morgan fingerprint density at radius 2 is 1.88 bits per heavy atom. The molecule has 1 amide bonds. The van der Waals surface area contributed by atoms with Crippen molar-refractivity contribution in [2.75, 3.05) is 20.8 Å². The summed E-state index contributed by atoms with van der Waals surface area (Å²) in [6.07, 6.45) is 2.34. The number of rotatable bonds is 7. The van der Waals surface area contributed by atoms with E-state index in [1.165, 1.54) is 10.6 Å². The molecule has 0 saturated heterocycles. The van der Waals surface area contributed by atoms with Crippen LogP contribution in [0.1, 0.15) is 11.1 Å². The number of aromatic nitrogens is 1. The van der Waals surface area contributed by atoms with Gasteiger partial charge in [0.25, 0.3) is 5.56 Å². The number of amides is 1. The third-order valence-corrected chi connectivity index (χ3v) is 3.63. The van der Waals surface area contributed by atoms with E-state index < -0.39 is 0 Å². The Balaban J connectivity index is 1.88. The molecule has 6 nitrogen and oxygen atoms in total. The van der Waals surface area contributed by atoms with Crippen molar-refractivity contribution >= 4 is 5.91 Å². The van der Waals surface area contributed by atoms with Gasteiger partial charge in [0.05, 0.1) is 14.2 Å². The third-order valence-electron chi connectivity index (χ3n) is 3.63. The monoisotopic (exact) mass is 330 g/mol. The predicted molar refractivity (Wildman–Crippen MR) is 91.7 cm³/mol. The molecule has 0 bridgehead atoms. The van der Waals surface area contributed by atoms with E-state index in [2.05, 4.69) is 5.32 Å². The largest absolute Gasteiger partial charge is 0.493 e. The zero-order chi connectivity index (χ0) is 17.5. The minimum atomic E-state index is -0.192. The first-order chi connectivity index (χ1) is 11.5. The molecule has 1 N–H and O–H groups in total. The highest BCUT2D eigenvalue weighted by Gasteiger charge is 2.07. The maximum absolute atomic E-state index is 12.0. The van der Waals surface area contributed by atoms with Gasteiger partial charge < -0.3 is 19.4 Å². The van der Waals surface area contributed by atoms with Crippen LogP contribution in [0.25, 0.3) is 0 Å². The van der Waals surface area contributed by atoms with E-state index in [9.17, 15) is 9.59 Å². The second-order valence-corrected chi connectivity index (χ2v) is 5.46. The van der Waals surface area contributed by atoms with Crippen molar-refractivity contribution in [3.05, 3.63) is 58.0 Å². The zero-order valence-corrected chi connectivity index (χ0v) is 14.2. The van der Waals surface area contributed by atoms with Gasteiger partial charge in [-0.15, -0.1) is 0 Å². The van der Waals surface area contributed by atoms with Crippen LogP contribution < -0.4 is 20.3 Å². The maximum Gasteiger partial charge on any atom is 0.251 e. The molecule has 0 saturated carbocycles. The van der Waals surface area contributed by atoms with Gasteiger partial charge in [0.2, 0.25) is 5.91 Å². The Hall–Kier alpha value is -2.76. The number of aryl methyl sites for hydroxylation is 1. The van der Waals surface area contributed by atoms with Crippen molar-refractivity contribution in [1.29, 1.82) is 0 Å². The molecule has 6 heteroatoms. The van der Waals surface area contributed by atoms with Gasteiger partial charge in [-0.3, -0.25) is 9.59 Å². The summed E-state index contributed by atoms with van der Waals surface area (Å²) >= 11 is 0. The quantitative estimate of drug-likeness (QED) is 0.836. The summed E-state index contributed by atoms with van der Waals surface area (Å²) in [4.78, 5) is 23.7. The summed E-state index contributed by atoms with van der Waals surface area (Å²) in [5.74, 6) is 1.14. The average molecular weight is 330 g/mol. The van der Waals surface area contributed by atoms with Crippen LogP contribution in [0.2, 0.25) is 0 Å². The highest BCUT2D eigenvalue weighted by Crippen LogP contribution is 2.27. The number of hydrogen-bond acceptors (Lipinski definition) is 4. The Bertz CT molecular complexity index is 768. The number of hydrogen-bond donors (Lipinski definition) is 1. The smallest absolute Gasteiger partial charge is 0.251 e. The molecule has 2 aromatic rings. The molecule has 0 fully saturated rings. The third kappa shape index (κ3) is 4.62. The molecule has 2 rings (SSSR count). The zero-order valence-electron chi connectivity index (χ0n) is 14.2. The van der Waals surface area contributed by atoms with Gasteiger partial charge in [-0.05, 0) is 36.6 Å². The normalized spacial score (nSPS) is 10.3. The molecule has 0 atom stereocenters. The van der Waals surface area contributed by atoms with E-state index in [1.54, 1.807) is 26.5 Å². The molecule has 1 aromatic carbocycles. The molecule has 128 valence electrons. The lowest BCUT2D eigenvalue weighted by molar-refractivity contribution is -0.121. The lowest BCUT2D eigenvalue weighted by atomic mass is 10.1. The van der Waals surface area contributed by atoms with Crippen molar-refractivity contribution in [3.8, 4) is 11.5 Å². The first-order valence-corrected chi connectivity index (χ1v) is 7.68. The molecule has 0 aliphatic rings.